The molecule has 3 fully saturated rings. The molecule has 2 aliphatic heterocycles. The summed E-state index contributed by atoms with van der Waals surface area (Å²) in [5.41, 5.74) is -0.627. The summed E-state index contributed by atoms with van der Waals surface area (Å²) in [6.07, 6.45) is 7.28. The zero-order valence-corrected chi connectivity index (χ0v) is 15.4. The highest BCUT2D eigenvalue weighted by molar-refractivity contribution is 5.81. The molecule has 0 aromatic carbocycles. The Hall–Kier alpha value is -1.14. The van der Waals surface area contributed by atoms with Gasteiger partial charge in [0.05, 0.1) is 5.41 Å². The largest absolute Gasteiger partial charge is 0.481 e. The molecule has 0 aromatic heterocycles. The van der Waals surface area contributed by atoms with Crippen LogP contribution in [0.2, 0.25) is 0 Å². The number of carboxylic acid groups (broad SMARTS) is 1. The van der Waals surface area contributed by atoms with Crippen LogP contribution in [-0.2, 0) is 14.3 Å². The average molecular weight is 352 g/mol. The summed E-state index contributed by atoms with van der Waals surface area (Å²) in [7, 11) is 1.66. The first-order chi connectivity index (χ1) is 12.1. The normalized spacial score (nSPS) is 28.9. The van der Waals surface area contributed by atoms with Gasteiger partial charge in [-0.05, 0) is 57.9 Å². The van der Waals surface area contributed by atoms with Gasteiger partial charge in [-0.2, -0.15) is 0 Å². The van der Waals surface area contributed by atoms with E-state index in [-0.39, 0.29) is 0 Å². The fourth-order valence-electron chi connectivity index (χ4n) is 4.56. The van der Waals surface area contributed by atoms with Gasteiger partial charge in [0.1, 0.15) is 0 Å². The van der Waals surface area contributed by atoms with E-state index in [2.05, 4.69) is 4.90 Å². The Kier molecular flexibility index (Phi) is 6.00. The lowest BCUT2D eigenvalue weighted by Crippen LogP contribution is -2.54. The van der Waals surface area contributed by atoms with Crippen molar-refractivity contribution in [1.29, 1.82) is 0 Å². The van der Waals surface area contributed by atoms with Crippen molar-refractivity contribution in [2.75, 3.05) is 39.9 Å². The Labute approximate surface area is 150 Å². The van der Waals surface area contributed by atoms with Crippen molar-refractivity contribution in [3.63, 3.8) is 0 Å². The summed E-state index contributed by atoms with van der Waals surface area (Å²) < 4.78 is 5.12. The summed E-state index contributed by atoms with van der Waals surface area (Å²) in [6, 6.07) is 0.421. The first kappa shape index (κ1) is 18.6. The maximum absolute atomic E-state index is 12.2. The smallest absolute Gasteiger partial charge is 0.310 e. The van der Waals surface area contributed by atoms with Crippen molar-refractivity contribution in [3.8, 4) is 0 Å². The van der Waals surface area contributed by atoms with E-state index in [4.69, 9.17) is 4.74 Å². The monoisotopic (exact) mass is 352 g/mol. The second kappa shape index (κ2) is 8.04. The molecule has 2 heterocycles. The van der Waals surface area contributed by atoms with Crippen molar-refractivity contribution in [3.05, 3.63) is 0 Å². The summed E-state index contributed by atoms with van der Waals surface area (Å²) in [5, 5.41) is 9.87. The van der Waals surface area contributed by atoms with Gasteiger partial charge in [0, 0.05) is 45.3 Å². The van der Waals surface area contributed by atoms with Crippen LogP contribution >= 0.6 is 0 Å². The quantitative estimate of drug-likeness (QED) is 0.710. The SMILES string of the molecule is COCCC[C@]1(C(=O)O)CCCN(C2CCN(C(=O)C3CC3)CC2)C1. The van der Waals surface area contributed by atoms with Gasteiger partial charge < -0.3 is 14.7 Å². The number of ether oxygens (including phenoxy) is 1. The minimum atomic E-state index is -0.658. The molecule has 2 saturated heterocycles. The van der Waals surface area contributed by atoms with Crippen molar-refractivity contribution >= 4 is 11.9 Å². The summed E-state index contributed by atoms with van der Waals surface area (Å²) in [5.74, 6) is -0.0156. The third kappa shape index (κ3) is 4.34. The lowest BCUT2D eigenvalue weighted by atomic mass is 9.75. The maximum atomic E-state index is 12.2. The van der Waals surface area contributed by atoms with Gasteiger partial charge in [-0.25, -0.2) is 0 Å². The van der Waals surface area contributed by atoms with E-state index in [1.807, 2.05) is 4.90 Å². The van der Waals surface area contributed by atoms with Crippen LogP contribution in [0.15, 0.2) is 0 Å². The van der Waals surface area contributed by atoms with Crippen molar-refractivity contribution in [2.45, 2.75) is 57.4 Å². The first-order valence-electron chi connectivity index (χ1n) is 9.81. The van der Waals surface area contributed by atoms with Crippen molar-refractivity contribution in [1.82, 2.24) is 9.80 Å². The van der Waals surface area contributed by atoms with Gasteiger partial charge in [-0.3, -0.25) is 14.5 Å². The molecule has 0 spiro atoms. The van der Waals surface area contributed by atoms with Gasteiger partial charge in [0.15, 0.2) is 0 Å². The van der Waals surface area contributed by atoms with Crippen LogP contribution in [0.4, 0.5) is 0 Å². The van der Waals surface area contributed by atoms with E-state index < -0.39 is 11.4 Å². The van der Waals surface area contributed by atoms with Gasteiger partial charge in [0.25, 0.3) is 0 Å². The summed E-state index contributed by atoms with van der Waals surface area (Å²) >= 11 is 0. The molecule has 1 atom stereocenters. The number of rotatable bonds is 7. The fourth-order valence-corrected chi connectivity index (χ4v) is 4.56. The van der Waals surface area contributed by atoms with E-state index >= 15 is 0 Å². The number of piperidine rings is 2. The highest BCUT2D eigenvalue weighted by Crippen LogP contribution is 2.37. The Bertz CT molecular complexity index is 486. The van der Waals surface area contributed by atoms with Crippen LogP contribution in [0.25, 0.3) is 0 Å². The van der Waals surface area contributed by atoms with E-state index in [0.717, 1.165) is 64.6 Å². The molecule has 25 heavy (non-hydrogen) atoms. The molecule has 3 aliphatic rings. The lowest BCUT2D eigenvalue weighted by molar-refractivity contribution is -0.154. The zero-order valence-electron chi connectivity index (χ0n) is 15.4. The number of nitrogens with zero attached hydrogens (tertiary/aromatic N) is 2. The number of carbonyl (C=O) groups excluding carboxylic acids is 1. The predicted octanol–water partition coefficient (Wildman–Crippen LogP) is 1.98. The maximum Gasteiger partial charge on any atom is 0.310 e. The minimum absolute atomic E-state index is 0.298. The molecular weight excluding hydrogens is 320 g/mol. The lowest BCUT2D eigenvalue weighted by Gasteiger charge is -2.46. The summed E-state index contributed by atoms with van der Waals surface area (Å²) in [4.78, 5) is 28.6. The third-order valence-corrected chi connectivity index (χ3v) is 6.28. The molecule has 3 rings (SSSR count). The fraction of sp³-hybridized carbons (Fsp3) is 0.895. The standard InChI is InChI=1S/C19H32N2O4/c1-25-13-3-9-19(18(23)24)8-2-10-21(14-19)16-6-11-20(12-7-16)17(22)15-4-5-15/h15-16H,2-14H2,1H3,(H,23,24)/t19-/m1/s1. The van der Waals surface area contributed by atoms with Crippen molar-refractivity contribution in [2.24, 2.45) is 11.3 Å². The van der Waals surface area contributed by atoms with Crippen LogP contribution in [-0.4, -0.2) is 72.7 Å². The predicted molar refractivity (Wildman–Crippen MR) is 94.3 cm³/mol. The third-order valence-electron chi connectivity index (χ3n) is 6.28. The molecule has 0 aromatic rings. The van der Waals surface area contributed by atoms with Crippen LogP contribution in [0.1, 0.15) is 51.4 Å². The van der Waals surface area contributed by atoms with Crippen molar-refractivity contribution < 1.29 is 19.4 Å². The topological polar surface area (TPSA) is 70.1 Å². The van der Waals surface area contributed by atoms with Gasteiger partial charge in [-0.1, -0.05) is 0 Å². The Morgan fingerprint density at radius 1 is 1.16 bits per heavy atom. The molecule has 0 radical (unpaired) electrons. The number of likely N-dealkylation sites (tertiary alicyclic amines) is 2. The summed E-state index contributed by atoms with van der Waals surface area (Å²) in [6.45, 7) is 3.92. The average Bonchev–Trinajstić information content (AvgIpc) is 3.47. The number of carboxylic acids is 1. The number of carbonyl (C=O) groups is 2. The Morgan fingerprint density at radius 3 is 2.48 bits per heavy atom. The molecule has 6 nitrogen and oxygen atoms in total. The van der Waals surface area contributed by atoms with E-state index in [9.17, 15) is 14.7 Å². The molecular formula is C19H32N2O4. The number of aliphatic carboxylic acids is 1. The molecule has 1 N–H and O–H groups in total. The van der Waals surface area contributed by atoms with Crippen LogP contribution in [0.5, 0.6) is 0 Å². The molecule has 142 valence electrons. The zero-order chi connectivity index (χ0) is 17.9. The van der Waals surface area contributed by atoms with E-state index in [1.54, 1.807) is 7.11 Å². The number of hydrogen-bond acceptors (Lipinski definition) is 4. The van der Waals surface area contributed by atoms with E-state index in [0.29, 0.717) is 37.4 Å². The molecule has 0 bridgehead atoms. The van der Waals surface area contributed by atoms with E-state index in [1.165, 1.54) is 0 Å². The molecule has 0 unspecified atom stereocenters. The molecule has 1 aliphatic carbocycles. The van der Waals surface area contributed by atoms with Crippen LogP contribution in [0.3, 0.4) is 0 Å². The molecule has 6 heteroatoms. The second-order valence-corrected chi connectivity index (χ2v) is 8.09. The van der Waals surface area contributed by atoms with Gasteiger partial charge in [0.2, 0.25) is 5.91 Å². The molecule has 1 amide bonds. The highest BCUT2D eigenvalue weighted by atomic mass is 16.5. The number of amides is 1. The van der Waals surface area contributed by atoms with Crippen LogP contribution < -0.4 is 0 Å². The van der Waals surface area contributed by atoms with Crippen LogP contribution in [0, 0.1) is 11.3 Å². The minimum Gasteiger partial charge on any atom is -0.481 e. The Morgan fingerprint density at radius 2 is 1.88 bits per heavy atom. The highest BCUT2D eigenvalue weighted by Gasteiger charge is 2.44. The van der Waals surface area contributed by atoms with Gasteiger partial charge >= 0.3 is 5.97 Å². The first-order valence-corrected chi connectivity index (χ1v) is 9.81. The van der Waals surface area contributed by atoms with Gasteiger partial charge in [-0.15, -0.1) is 0 Å². The molecule has 1 saturated carbocycles. The number of methoxy groups -OCH3 is 1. The Balaban J connectivity index is 1.55. The number of hydrogen-bond donors (Lipinski definition) is 1. The second-order valence-electron chi connectivity index (χ2n) is 8.09.